The normalized spacial score (nSPS) is 21.4. The van der Waals surface area contributed by atoms with Crippen molar-refractivity contribution in [2.24, 2.45) is 5.92 Å². The molecule has 3 atom stereocenters. The van der Waals surface area contributed by atoms with Gasteiger partial charge in [-0.05, 0) is 56.7 Å². The number of pyridine rings is 1. The van der Waals surface area contributed by atoms with Gasteiger partial charge in [-0.15, -0.1) is 0 Å². The Labute approximate surface area is 197 Å². The van der Waals surface area contributed by atoms with Crippen molar-refractivity contribution < 1.29 is 31.5 Å². The van der Waals surface area contributed by atoms with Crippen LogP contribution in [0.4, 0.5) is 22.0 Å². The Morgan fingerprint density at radius 3 is 2.44 bits per heavy atom. The van der Waals surface area contributed by atoms with Gasteiger partial charge < -0.3 is 10.2 Å². The predicted octanol–water partition coefficient (Wildman–Crippen LogP) is 5.29. The molecule has 2 fully saturated rings. The van der Waals surface area contributed by atoms with Crippen LogP contribution in [0.25, 0.3) is 0 Å². The summed E-state index contributed by atoms with van der Waals surface area (Å²) in [6.07, 6.45) is -0.895. The summed E-state index contributed by atoms with van der Waals surface area (Å²) in [6.45, 7) is 1.69. The number of amides is 2. The van der Waals surface area contributed by atoms with Crippen LogP contribution in [0, 0.1) is 17.6 Å². The second kappa shape index (κ2) is 9.13. The Morgan fingerprint density at radius 2 is 1.79 bits per heavy atom. The monoisotopic (exact) mass is 501 g/mol. The van der Waals surface area contributed by atoms with E-state index in [4.69, 9.17) is 11.6 Å². The molecular weight excluding hydrogens is 481 g/mol. The van der Waals surface area contributed by atoms with Crippen molar-refractivity contribution in [2.45, 2.75) is 56.9 Å². The molecule has 2 heterocycles. The van der Waals surface area contributed by atoms with Gasteiger partial charge >= 0.3 is 6.18 Å². The first-order valence-corrected chi connectivity index (χ1v) is 11.1. The molecule has 1 saturated heterocycles. The highest BCUT2D eigenvalue weighted by molar-refractivity contribution is 6.30. The summed E-state index contributed by atoms with van der Waals surface area (Å²) in [4.78, 5) is 31.1. The van der Waals surface area contributed by atoms with Crippen LogP contribution < -0.4 is 5.32 Å². The number of nitrogens with one attached hydrogen (secondary N) is 1. The van der Waals surface area contributed by atoms with E-state index in [0.29, 0.717) is 31.5 Å². The van der Waals surface area contributed by atoms with Gasteiger partial charge in [0.2, 0.25) is 5.91 Å². The van der Waals surface area contributed by atoms with Gasteiger partial charge in [-0.2, -0.15) is 13.2 Å². The molecular formula is C23H21ClF5N3O2. The molecule has 4 rings (SSSR count). The molecule has 34 heavy (non-hydrogen) atoms. The standard InChI is InChI=1S/C23H21ClF5N3O2/c1-11-2-5-19(32(11)22(34)13-6-14(10-30-9-13)23(27,28)29)21(33)31-20(12-3-4-12)15-7-18(26)16(24)8-17(15)25/h6-12,19-20H,2-5H2,1H3,(H,31,33)/t11-,19-,20-/m1/s1. The van der Waals surface area contributed by atoms with E-state index in [-0.39, 0.29) is 28.5 Å². The summed E-state index contributed by atoms with van der Waals surface area (Å²) >= 11 is 5.64. The van der Waals surface area contributed by atoms with Crippen molar-refractivity contribution in [3.63, 3.8) is 0 Å². The third-order valence-electron chi connectivity index (χ3n) is 6.28. The number of carbonyl (C=O) groups is 2. The SMILES string of the molecule is C[C@@H]1CC[C@H](C(=O)N[C@@H](c2cc(F)c(Cl)cc2F)C2CC2)N1C(=O)c1cncc(C(F)(F)F)c1. The molecule has 0 radical (unpaired) electrons. The lowest BCUT2D eigenvalue weighted by molar-refractivity contribution is -0.137. The van der Waals surface area contributed by atoms with Gasteiger partial charge in [-0.1, -0.05) is 11.6 Å². The Kier molecular flexibility index (Phi) is 6.54. The van der Waals surface area contributed by atoms with E-state index in [1.54, 1.807) is 6.92 Å². The van der Waals surface area contributed by atoms with Gasteiger partial charge in [0, 0.05) is 24.0 Å². The smallest absolute Gasteiger partial charge is 0.347 e. The summed E-state index contributed by atoms with van der Waals surface area (Å²) < 4.78 is 67.8. The second-order valence-corrected chi connectivity index (χ2v) is 9.13. The van der Waals surface area contributed by atoms with E-state index >= 15 is 0 Å². The topological polar surface area (TPSA) is 62.3 Å². The summed E-state index contributed by atoms with van der Waals surface area (Å²) in [6, 6.07) is 0.300. The fourth-order valence-corrected chi connectivity index (χ4v) is 4.50. The Hall–Kier alpha value is -2.75. The van der Waals surface area contributed by atoms with E-state index in [9.17, 15) is 31.5 Å². The van der Waals surface area contributed by atoms with Crippen molar-refractivity contribution in [3.05, 3.63) is 63.9 Å². The largest absolute Gasteiger partial charge is 0.417 e. The highest BCUT2D eigenvalue weighted by atomic mass is 35.5. The molecule has 1 aromatic heterocycles. The Morgan fingerprint density at radius 1 is 1.09 bits per heavy atom. The molecule has 0 bridgehead atoms. The lowest BCUT2D eigenvalue weighted by atomic mass is 10.0. The Balaban J connectivity index is 1.58. The van der Waals surface area contributed by atoms with Crippen LogP contribution >= 0.6 is 11.6 Å². The number of rotatable bonds is 5. The van der Waals surface area contributed by atoms with Gasteiger partial charge in [-0.25, -0.2) is 8.78 Å². The Bertz CT molecular complexity index is 1120. The van der Waals surface area contributed by atoms with Crippen molar-refractivity contribution >= 4 is 23.4 Å². The van der Waals surface area contributed by atoms with E-state index in [0.717, 1.165) is 18.3 Å². The third-order valence-corrected chi connectivity index (χ3v) is 6.57. The number of hydrogen-bond donors (Lipinski definition) is 1. The first-order chi connectivity index (χ1) is 16.0. The van der Waals surface area contributed by atoms with Crippen molar-refractivity contribution in [1.82, 2.24) is 15.2 Å². The van der Waals surface area contributed by atoms with E-state index in [1.807, 2.05) is 0 Å². The summed E-state index contributed by atoms with van der Waals surface area (Å²) in [5.41, 5.74) is -1.39. The van der Waals surface area contributed by atoms with E-state index in [2.05, 4.69) is 10.3 Å². The molecule has 2 aliphatic rings. The zero-order valence-corrected chi connectivity index (χ0v) is 18.8. The summed E-state index contributed by atoms with van der Waals surface area (Å²) in [5, 5.41) is 2.36. The number of benzene rings is 1. The maximum absolute atomic E-state index is 14.6. The summed E-state index contributed by atoms with van der Waals surface area (Å²) in [7, 11) is 0. The number of carbonyl (C=O) groups excluding carboxylic acids is 2. The van der Waals surface area contributed by atoms with Crippen molar-refractivity contribution in [1.29, 1.82) is 0 Å². The summed E-state index contributed by atoms with van der Waals surface area (Å²) in [5.74, 6) is -3.01. The molecule has 2 aromatic rings. The van der Waals surface area contributed by atoms with Crippen LogP contribution in [0.3, 0.4) is 0 Å². The molecule has 1 N–H and O–H groups in total. The van der Waals surface area contributed by atoms with E-state index in [1.165, 1.54) is 4.90 Å². The number of alkyl halides is 3. The molecule has 1 aliphatic carbocycles. The zero-order valence-electron chi connectivity index (χ0n) is 18.0. The van der Waals surface area contributed by atoms with Crippen LogP contribution in [0.15, 0.2) is 30.6 Å². The quantitative estimate of drug-likeness (QED) is 0.447. The minimum atomic E-state index is -4.67. The van der Waals surface area contributed by atoms with Crippen LogP contribution in [0.1, 0.15) is 60.1 Å². The molecule has 182 valence electrons. The number of likely N-dealkylation sites (tertiary alicyclic amines) is 1. The number of hydrogen-bond acceptors (Lipinski definition) is 3. The average Bonchev–Trinajstić information content (AvgIpc) is 3.55. The maximum atomic E-state index is 14.6. The van der Waals surface area contributed by atoms with Gasteiger partial charge in [0.15, 0.2) is 0 Å². The van der Waals surface area contributed by atoms with Crippen LogP contribution in [-0.4, -0.2) is 33.8 Å². The van der Waals surface area contributed by atoms with E-state index < -0.39 is 53.3 Å². The predicted molar refractivity (Wildman–Crippen MR) is 113 cm³/mol. The molecule has 1 saturated carbocycles. The molecule has 1 aliphatic heterocycles. The average molecular weight is 502 g/mol. The van der Waals surface area contributed by atoms with Crippen LogP contribution in [0.5, 0.6) is 0 Å². The van der Waals surface area contributed by atoms with Gasteiger partial charge in [-0.3, -0.25) is 14.6 Å². The first-order valence-electron chi connectivity index (χ1n) is 10.8. The van der Waals surface area contributed by atoms with Gasteiger partial charge in [0.05, 0.1) is 22.2 Å². The number of halogens is 6. The molecule has 1 aromatic carbocycles. The van der Waals surface area contributed by atoms with Gasteiger partial charge in [0.25, 0.3) is 5.91 Å². The maximum Gasteiger partial charge on any atom is 0.417 e. The van der Waals surface area contributed by atoms with Gasteiger partial charge in [0.1, 0.15) is 17.7 Å². The molecule has 5 nitrogen and oxygen atoms in total. The fourth-order valence-electron chi connectivity index (χ4n) is 4.35. The molecule has 11 heteroatoms. The lowest BCUT2D eigenvalue weighted by Gasteiger charge is -2.30. The van der Waals surface area contributed by atoms with Crippen molar-refractivity contribution in [2.75, 3.05) is 0 Å². The second-order valence-electron chi connectivity index (χ2n) is 8.73. The van der Waals surface area contributed by atoms with Crippen LogP contribution in [0.2, 0.25) is 5.02 Å². The highest BCUT2D eigenvalue weighted by Crippen LogP contribution is 2.43. The molecule has 0 spiro atoms. The highest BCUT2D eigenvalue weighted by Gasteiger charge is 2.43. The minimum absolute atomic E-state index is 0.0382. The number of aromatic nitrogens is 1. The third kappa shape index (κ3) is 4.87. The zero-order chi connectivity index (χ0) is 24.8. The minimum Gasteiger partial charge on any atom is -0.347 e. The lowest BCUT2D eigenvalue weighted by Crippen LogP contribution is -2.49. The molecule has 2 amide bonds. The fraction of sp³-hybridized carbons (Fsp3) is 0.435. The van der Waals surface area contributed by atoms with Crippen molar-refractivity contribution in [3.8, 4) is 0 Å². The molecule has 0 unspecified atom stereocenters. The van der Waals surface area contributed by atoms with Crippen LogP contribution in [-0.2, 0) is 11.0 Å². The first kappa shape index (κ1) is 24.4. The number of nitrogens with zero attached hydrogens (tertiary/aromatic N) is 2.